The molecular formula is C17H13N3O3. The average Bonchev–Trinajstić information content (AvgIpc) is 2.55. The number of nitro benzene ring substituents is 1. The van der Waals surface area contributed by atoms with Crippen LogP contribution in [0.15, 0.2) is 64.8 Å². The Morgan fingerprint density at radius 1 is 0.957 bits per heavy atom. The summed E-state index contributed by atoms with van der Waals surface area (Å²) in [5, 5.41) is 30.5. The van der Waals surface area contributed by atoms with Crippen molar-refractivity contribution in [1.82, 2.24) is 0 Å². The second-order valence-corrected chi connectivity index (χ2v) is 5.08. The maximum absolute atomic E-state index is 10.7. The van der Waals surface area contributed by atoms with Crippen molar-refractivity contribution in [2.45, 2.75) is 6.92 Å². The fraction of sp³-hybridized carbons (Fsp3) is 0.0588. The van der Waals surface area contributed by atoms with E-state index in [1.54, 1.807) is 31.2 Å². The van der Waals surface area contributed by atoms with Gasteiger partial charge in [0.2, 0.25) is 0 Å². The van der Waals surface area contributed by atoms with Gasteiger partial charge in [0.1, 0.15) is 5.75 Å². The van der Waals surface area contributed by atoms with Gasteiger partial charge in [-0.15, -0.1) is 5.11 Å². The van der Waals surface area contributed by atoms with Crippen molar-refractivity contribution < 1.29 is 10.0 Å². The summed E-state index contributed by atoms with van der Waals surface area (Å²) >= 11 is 0. The van der Waals surface area contributed by atoms with Gasteiger partial charge >= 0.3 is 0 Å². The third-order valence-corrected chi connectivity index (χ3v) is 3.53. The fourth-order valence-corrected chi connectivity index (χ4v) is 2.33. The fourth-order valence-electron chi connectivity index (χ4n) is 2.33. The number of aromatic hydroxyl groups is 1. The predicted octanol–water partition coefficient (Wildman–Crippen LogP) is 5.18. The van der Waals surface area contributed by atoms with E-state index in [4.69, 9.17) is 0 Å². The Hall–Kier alpha value is -3.28. The van der Waals surface area contributed by atoms with E-state index in [0.29, 0.717) is 22.3 Å². The van der Waals surface area contributed by atoms with Crippen molar-refractivity contribution >= 4 is 27.8 Å². The molecule has 0 radical (unpaired) electrons. The normalized spacial score (nSPS) is 11.2. The van der Waals surface area contributed by atoms with Crippen LogP contribution in [-0.4, -0.2) is 10.0 Å². The third kappa shape index (κ3) is 2.87. The van der Waals surface area contributed by atoms with Crippen LogP contribution >= 0.6 is 0 Å². The quantitative estimate of drug-likeness (QED) is 0.411. The number of hydrogen-bond acceptors (Lipinski definition) is 5. The van der Waals surface area contributed by atoms with Gasteiger partial charge in [0.25, 0.3) is 5.69 Å². The molecule has 0 saturated heterocycles. The Bertz CT molecular complexity index is 936. The van der Waals surface area contributed by atoms with E-state index in [0.717, 1.165) is 5.39 Å². The molecule has 0 aliphatic heterocycles. The van der Waals surface area contributed by atoms with Gasteiger partial charge < -0.3 is 5.11 Å². The number of non-ortho nitro benzene ring substituents is 1. The number of nitrogens with zero attached hydrogens (tertiary/aromatic N) is 3. The Balaban J connectivity index is 2.01. The van der Waals surface area contributed by atoms with E-state index in [9.17, 15) is 15.2 Å². The van der Waals surface area contributed by atoms with Crippen LogP contribution in [0.5, 0.6) is 5.75 Å². The first-order chi connectivity index (χ1) is 11.1. The van der Waals surface area contributed by atoms with Crippen LogP contribution in [0.1, 0.15) is 5.56 Å². The highest BCUT2D eigenvalue weighted by molar-refractivity contribution is 5.96. The van der Waals surface area contributed by atoms with Crippen LogP contribution in [-0.2, 0) is 0 Å². The first-order valence-corrected chi connectivity index (χ1v) is 6.94. The number of azo groups is 1. The van der Waals surface area contributed by atoms with Crippen molar-refractivity contribution in [2.75, 3.05) is 0 Å². The molecule has 6 nitrogen and oxygen atoms in total. The second kappa shape index (κ2) is 5.84. The summed E-state index contributed by atoms with van der Waals surface area (Å²) in [5.74, 6) is 0.186. The summed E-state index contributed by atoms with van der Waals surface area (Å²) in [6.45, 7) is 1.75. The minimum Gasteiger partial charge on any atom is -0.507 e. The van der Waals surface area contributed by atoms with Crippen molar-refractivity contribution in [3.05, 3.63) is 70.3 Å². The van der Waals surface area contributed by atoms with E-state index < -0.39 is 4.92 Å². The average molecular weight is 307 g/mol. The molecule has 114 valence electrons. The van der Waals surface area contributed by atoms with Gasteiger partial charge in [-0.3, -0.25) is 10.1 Å². The highest BCUT2D eigenvalue weighted by Crippen LogP contribution is 2.34. The maximum atomic E-state index is 10.7. The van der Waals surface area contributed by atoms with Crippen molar-refractivity contribution in [1.29, 1.82) is 0 Å². The van der Waals surface area contributed by atoms with Crippen LogP contribution in [0.2, 0.25) is 0 Å². The summed E-state index contributed by atoms with van der Waals surface area (Å²) in [4.78, 5) is 10.3. The highest BCUT2D eigenvalue weighted by atomic mass is 16.6. The molecule has 0 aromatic heterocycles. The molecule has 0 spiro atoms. The Kier molecular flexibility index (Phi) is 3.72. The number of phenols is 1. The van der Waals surface area contributed by atoms with Gasteiger partial charge in [-0.25, -0.2) is 0 Å². The van der Waals surface area contributed by atoms with Gasteiger partial charge in [0, 0.05) is 22.9 Å². The van der Waals surface area contributed by atoms with Crippen LogP contribution in [0, 0.1) is 17.0 Å². The lowest BCUT2D eigenvalue weighted by Gasteiger charge is -2.03. The second-order valence-electron chi connectivity index (χ2n) is 5.08. The molecule has 0 saturated carbocycles. The zero-order chi connectivity index (χ0) is 16.4. The smallest absolute Gasteiger partial charge is 0.269 e. The molecule has 0 aliphatic carbocycles. The summed E-state index contributed by atoms with van der Waals surface area (Å²) in [6, 6.07) is 15.0. The van der Waals surface area contributed by atoms with Crippen molar-refractivity contribution in [2.24, 2.45) is 10.2 Å². The highest BCUT2D eigenvalue weighted by Gasteiger charge is 2.08. The third-order valence-electron chi connectivity index (χ3n) is 3.53. The minimum atomic E-state index is -0.443. The van der Waals surface area contributed by atoms with Crippen LogP contribution in [0.25, 0.3) is 10.8 Å². The molecule has 0 fully saturated rings. The zero-order valence-corrected chi connectivity index (χ0v) is 12.3. The first kappa shape index (κ1) is 14.6. The molecule has 3 aromatic carbocycles. The topological polar surface area (TPSA) is 88.1 Å². The SMILES string of the molecule is Cc1cc([N+](=O)[O-])ccc1N=Nc1ccc(O)c2ccccc12. The molecule has 23 heavy (non-hydrogen) atoms. The summed E-state index contributed by atoms with van der Waals surface area (Å²) in [7, 11) is 0. The van der Waals surface area contributed by atoms with Crippen LogP contribution < -0.4 is 0 Å². The first-order valence-electron chi connectivity index (χ1n) is 6.94. The van der Waals surface area contributed by atoms with E-state index in [1.807, 2.05) is 18.2 Å². The maximum Gasteiger partial charge on any atom is 0.269 e. The van der Waals surface area contributed by atoms with E-state index in [2.05, 4.69) is 10.2 Å². The Labute approximate surface area is 131 Å². The largest absolute Gasteiger partial charge is 0.507 e. The lowest BCUT2D eigenvalue weighted by atomic mass is 10.1. The minimum absolute atomic E-state index is 0.0246. The number of phenolic OH excluding ortho intramolecular Hbond substituents is 1. The number of benzene rings is 3. The number of fused-ring (bicyclic) bond motifs is 1. The van der Waals surface area contributed by atoms with E-state index in [1.165, 1.54) is 12.1 Å². The molecule has 0 bridgehead atoms. The number of aryl methyl sites for hydroxylation is 1. The van der Waals surface area contributed by atoms with Crippen molar-refractivity contribution in [3.63, 3.8) is 0 Å². The van der Waals surface area contributed by atoms with Crippen LogP contribution in [0.3, 0.4) is 0 Å². The van der Waals surface area contributed by atoms with E-state index >= 15 is 0 Å². The molecule has 0 heterocycles. The molecule has 3 rings (SSSR count). The summed E-state index contributed by atoms with van der Waals surface area (Å²) in [5.41, 5.74) is 1.88. The Morgan fingerprint density at radius 2 is 1.61 bits per heavy atom. The molecule has 0 unspecified atom stereocenters. The van der Waals surface area contributed by atoms with E-state index in [-0.39, 0.29) is 11.4 Å². The summed E-state index contributed by atoms with van der Waals surface area (Å²) in [6.07, 6.45) is 0. The number of rotatable bonds is 3. The number of nitro groups is 1. The zero-order valence-electron chi connectivity index (χ0n) is 12.3. The summed E-state index contributed by atoms with van der Waals surface area (Å²) < 4.78 is 0. The lowest BCUT2D eigenvalue weighted by Crippen LogP contribution is -1.87. The van der Waals surface area contributed by atoms with Crippen LogP contribution in [0.4, 0.5) is 17.1 Å². The molecule has 3 aromatic rings. The molecule has 0 atom stereocenters. The monoisotopic (exact) mass is 307 g/mol. The van der Waals surface area contributed by atoms with Gasteiger partial charge in [-0.05, 0) is 30.7 Å². The molecule has 6 heteroatoms. The molecule has 0 amide bonds. The van der Waals surface area contributed by atoms with Gasteiger partial charge in [0.05, 0.1) is 16.3 Å². The molecule has 0 aliphatic rings. The predicted molar refractivity (Wildman–Crippen MR) is 87.6 cm³/mol. The molecule has 1 N–H and O–H groups in total. The van der Waals surface area contributed by atoms with Gasteiger partial charge in [0.15, 0.2) is 0 Å². The van der Waals surface area contributed by atoms with Gasteiger partial charge in [-0.1, -0.05) is 24.3 Å². The van der Waals surface area contributed by atoms with Gasteiger partial charge in [-0.2, -0.15) is 5.11 Å². The standard InChI is InChI=1S/C17H13N3O3/c1-11-10-12(20(22)23)6-7-15(11)18-19-16-8-9-17(21)14-5-3-2-4-13(14)16/h2-10,21H,1H3. The Morgan fingerprint density at radius 3 is 2.30 bits per heavy atom. The number of hydrogen-bond donors (Lipinski definition) is 1. The lowest BCUT2D eigenvalue weighted by molar-refractivity contribution is -0.384. The van der Waals surface area contributed by atoms with Crippen molar-refractivity contribution in [3.8, 4) is 5.75 Å². The molecular weight excluding hydrogens is 294 g/mol.